The molecule has 1 heteroatoms. The van der Waals surface area contributed by atoms with Crippen molar-refractivity contribution >= 4 is 43.1 Å². The maximum absolute atomic E-state index is 4.35. The first-order chi connectivity index (χ1) is 10.9. The zero-order chi connectivity index (χ0) is 14.5. The Bertz CT molecular complexity index is 1070. The first kappa shape index (κ1) is 11.7. The van der Waals surface area contributed by atoms with Crippen molar-refractivity contribution in [2.24, 2.45) is 0 Å². The number of pyridine rings is 1. The highest BCUT2D eigenvalue weighted by Gasteiger charge is 2.08. The van der Waals surface area contributed by atoms with Crippen molar-refractivity contribution in [3.05, 3.63) is 79.1 Å². The number of aromatic nitrogens is 1. The number of benzene rings is 4. The van der Waals surface area contributed by atoms with E-state index in [0.717, 1.165) is 0 Å². The molecule has 0 amide bonds. The van der Waals surface area contributed by atoms with Gasteiger partial charge in [-0.15, -0.1) is 0 Å². The molecule has 1 nitrogen and oxygen atoms in total. The molecule has 0 radical (unpaired) electrons. The van der Waals surface area contributed by atoms with Crippen LogP contribution in [0.25, 0.3) is 43.1 Å². The number of hydrogen-bond acceptors (Lipinski definition) is 1. The number of rotatable bonds is 0. The summed E-state index contributed by atoms with van der Waals surface area (Å²) in [6, 6.07) is 23.9. The second-order valence-corrected chi connectivity index (χ2v) is 5.71. The van der Waals surface area contributed by atoms with E-state index < -0.39 is 0 Å². The van der Waals surface area contributed by atoms with Crippen LogP contribution in [0.1, 0.15) is 0 Å². The Hall–Kier alpha value is -2.93. The fraction of sp³-hybridized carbons (Fsp3) is 0. The largest absolute Gasteiger partial charge is 0.264 e. The fourth-order valence-electron chi connectivity index (χ4n) is 3.48. The molecule has 22 heavy (non-hydrogen) atoms. The Balaban J connectivity index is 2.19. The number of fused-ring (bicyclic) bond motifs is 7. The highest BCUT2D eigenvalue weighted by atomic mass is 14.6. The van der Waals surface area contributed by atoms with Crippen molar-refractivity contribution in [2.75, 3.05) is 0 Å². The first-order valence-electron chi connectivity index (χ1n) is 7.49. The molecule has 5 aromatic rings. The molecule has 0 atom stereocenters. The summed E-state index contributed by atoms with van der Waals surface area (Å²) >= 11 is 0. The Morgan fingerprint density at radius 3 is 1.86 bits per heavy atom. The van der Waals surface area contributed by atoms with Gasteiger partial charge in [0.2, 0.25) is 0 Å². The van der Waals surface area contributed by atoms with E-state index in [1.54, 1.807) is 0 Å². The average molecular weight is 279 g/mol. The lowest BCUT2D eigenvalue weighted by molar-refractivity contribution is 1.37. The van der Waals surface area contributed by atoms with E-state index in [9.17, 15) is 0 Å². The molecule has 4 aromatic carbocycles. The Kier molecular flexibility index (Phi) is 2.28. The lowest BCUT2D eigenvalue weighted by Gasteiger charge is -2.10. The molecule has 0 spiro atoms. The molecular weight excluding hydrogens is 266 g/mol. The van der Waals surface area contributed by atoms with Crippen LogP contribution in [0, 0.1) is 0 Å². The van der Waals surface area contributed by atoms with E-state index >= 15 is 0 Å². The molecule has 1 aromatic heterocycles. The summed E-state index contributed by atoms with van der Waals surface area (Å²) in [6.45, 7) is 0. The van der Waals surface area contributed by atoms with Gasteiger partial charge < -0.3 is 0 Å². The summed E-state index contributed by atoms with van der Waals surface area (Å²) in [6.07, 6.45) is 3.84. The van der Waals surface area contributed by atoms with Crippen LogP contribution in [0.3, 0.4) is 0 Å². The van der Waals surface area contributed by atoms with Crippen LogP contribution >= 0.6 is 0 Å². The topological polar surface area (TPSA) is 12.9 Å². The van der Waals surface area contributed by atoms with Gasteiger partial charge in [-0.25, -0.2) is 0 Å². The smallest absolute Gasteiger partial charge is 0.0352 e. The van der Waals surface area contributed by atoms with E-state index in [1.807, 2.05) is 12.4 Å². The van der Waals surface area contributed by atoms with Crippen LogP contribution in [0.2, 0.25) is 0 Å². The third kappa shape index (κ3) is 1.51. The van der Waals surface area contributed by atoms with Gasteiger partial charge in [-0.1, -0.05) is 60.7 Å². The van der Waals surface area contributed by atoms with Gasteiger partial charge in [-0.2, -0.15) is 0 Å². The lowest BCUT2D eigenvalue weighted by Crippen LogP contribution is -1.84. The predicted octanol–water partition coefficient (Wildman–Crippen LogP) is 5.69. The molecule has 1 heterocycles. The number of nitrogens with zero attached hydrogens (tertiary/aromatic N) is 1. The van der Waals surface area contributed by atoms with Gasteiger partial charge in [0, 0.05) is 17.8 Å². The maximum atomic E-state index is 4.35. The van der Waals surface area contributed by atoms with Crippen LogP contribution in [0.5, 0.6) is 0 Å². The maximum Gasteiger partial charge on any atom is 0.0352 e. The van der Waals surface area contributed by atoms with Crippen molar-refractivity contribution < 1.29 is 0 Å². The van der Waals surface area contributed by atoms with Crippen molar-refractivity contribution in [2.45, 2.75) is 0 Å². The monoisotopic (exact) mass is 279 g/mol. The average Bonchev–Trinajstić information content (AvgIpc) is 2.60. The Morgan fingerprint density at radius 2 is 1.09 bits per heavy atom. The van der Waals surface area contributed by atoms with Crippen molar-refractivity contribution in [3.8, 4) is 0 Å². The molecule has 0 unspecified atom stereocenters. The van der Waals surface area contributed by atoms with E-state index in [1.165, 1.54) is 43.1 Å². The lowest BCUT2D eigenvalue weighted by atomic mass is 9.94. The molecule has 0 saturated carbocycles. The van der Waals surface area contributed by atoms with Gasteiger partial charge in [0.15, 0.2) is 0 Å². The summed E-state index contributed by atoms with van der Waals surface area (Å²) in [5.41, 5.74) is 0. The van der Waals surface area contributed by atoms with Crippen LogP contribution in [0.15, 0.2) is 79.1 Å². The SMILES string of the molecule is c1ccc2c(c1)ccc1ccc3ccc4ccncc4c3c12. The normalized spacial score (nSPS) is 11.6. The summed E-state index contributed by atoms with van der Waals surface area (Å²) in [7, 11) is 0. The van der Waals surface area contributed by atoms with Crippen LogP contribution in [-0.2, 0) is 0 Å². The van der Waals surface area contributed by atoms with Gasteiger partial charge in [0.25, 0.3) is 0 Å². The van der Waals surface area contributed by atoms with E-state index in [4.69, 9.17) is 0 Å². The Morgan fingerprint density at radius 1 is 0.500 bits per heavy atom. The van der Waals surface area contributed by atoms with Gasteiger partial charge in [0.05, 0.1) is 0 Å². The zero-order valence-electron chi connectivity index (χ0n) is 12.0. The molecule has 102 valence electrons. The second kappa shape index (κ2) is 4.28. The van der Waals surface area contributed by atoms with Crippen molar-refractivity contribution in [1.82, 2.24) is 4.98 Å². The van der Waals surface area contributed by atoms with Gasteiger partial charge in [-0.05, 0) is 43.8 Å². The quantitative estimate of drug-likeness (QED) is 0.332. The third-order valence-electron chi connectivity index (χ3n) is 4.51. The van der Waals surface area contributed by atoms with Gasteiger partial charge in [-0.3, -0.25) is 4.98 Å². The van der Waals surface area contributed by atoms with Crippen molar-refractivity contribution in [1.29, 1.82) is 0 Å². The molecule has 0 bridgehead atoms. The molecule has 0 fully saturated rings. The molecule has 5 rings (SSSR count). The summed E-state index contributed by atoms with van der Waals surface area (Å²) in [5, 5.41) is 10.2. The van der Waals surface area contributed by atoms with Gasteiger partial charge in [0.1, 0.15) is 0 Å². The standard InChI is InChI=1S/C21H13N/c1-2-4-18-14(3-1)5-7-16-9-10-17-8-6-15-11-12-22-13-19(15)21(17)20(16)18/h1-13H. The zero-order valence-corrected chi connectivity index (χ0v) is 12.0. The highest BCUT2D eigenvalue weighted by Crippen LogP contribution is 2.35. The minimum atomic E-state index is 1.22. The van der Waals surface area contributed by atoms with E-state index in [0.29, 0.717) is 0 Å². The van der Waals surface area contributed by atoms with E-state index in [2.05, 4.69) is 71.7 Å². The van der Waals surface area contributed by atoms with Crippen LogP contribution in [0.4, 0.5) is 0 Å². The molecule has 0 aliphatic rings. The minimum absolute atomic E-state index is 1.22. The molecule has 0 aliphatic carbocycles. The van der Waals surface area contributed by atoms with Crippen molar-refractivity contribution in [3.63, 3.8) is 0 Å². The van der Waals surface area contributed by atoms with Gasteiger partial charge >= 0.3 is 0 Å². The molecule has 0 saturated heterocycles. The predicted molar refractivity (Wildman–Crippen MR) is 94.3 cm³/mol. The molecule has 0 N–H and O–H groups in total. The Labute approximate surface area is 127 Å². The fourth-order valence-corrected chi connectivity index (χ4v) is 3.48. The van der Waals surface area contributed by atoms with Crippen LogP contribution in [-0.4, -0.2) is 4.98 Å². The minimum Gasteiger partial charge on any atom is -0.264 e. The number of hydrogen-bond donors (Lipinski definition) is 0. The summed E-state index contributed by atoms with van der Waals surface area (Å²) in [5.74, 6) is 0. The molecular formula is C21H13N. The summed E-state index contributed by atoms with van der Waals surface area (Å²) < 4.78 is 0. The first-order valence-corrected chi connectivity index (χ1v) is 7.49. The van der Waals surface area contributed by atoms with E-state index in [-0.39, 0.29) is 0 Å². The van der Waals surface area contributed by atoms with Crippen LogP contribution < -0.4 is 0 Å². The highest BCUT2D eigenvalue weighted by molar-refractivity contribution is 6.27. The second-order valence-electron chi connectivity index (χ2n) is 5.71. The molecule has 0 aliphatic heterocycles. The summed E-state index contributed by atoms with van der Waals surface area (Å²) in [4.78, 5) is 4.35. The third-order valence-corrected chi connectivity index (χ3v) is 4.51.